The van der Waals surface area contributed by atoms with Crippen LogP contribution in [-0.4, -0.2) is 46.5 Å². The summed E-state index contributed by atoms with van der Waals surface area (Å²) in [6.07, 6.45) is 1.51. The van der Waals surface area contributed by atoms with E-state index in [2.05, 4.69) is 10.5 Å². The number of carbonyl (C=O) groups excluding carboxylic acids is 2. The van der Waals surface area contributed by atoms with Crippen molar-refractivity contribution >= 4 is 35.3 Å². The van der Waals surface area contributed by atoms with Crippen LogP contribution in [0.5, 0.6) is 23.0 Å². The predicted molar refractivity (Wildman–Crippen MR) is 163 cm³/mol. The third-order valence-electron chi connectivity index (χ3n) is 6.35. The first kappa shape index (κ1) is 30.0. The molecule has 0 radical (unpaired) electrons. The fraction of sp³-hybridized carbons (Fsp3) is 0.156. The van der Waals surface area contributed by atoms with Gasteiger partial charge in [-0.15, -0.1) is 0 Å². The zero-order chi connectivity index (χ0) is 30.1. The van der Waals surface area contributed by atoms with Gasteiger partial charge in [-0.05, 0) is 59.7 Å². The van der Waals surface area contributed by atoms with Crippen molar-refractivity contribution in [1.29, 1.82) is 0 Å². The van der Waals surface area contributed by atoms with Gasteiger partial charge in [0.25, 0.3) is 11.8 Å². The molecule has 216 valence electrons. The second-order valence-electron chi connectivity index (χ2n) is 8.95. The number of nitrogens with one attached hydrogen (secondary N) is 1. The van der Waals surface area contributed by atoms with E-state index in [1.807, 2.05) is 24.3 Å². The standard InChI is InChI=1S/C32H30ClN3O6/c1-39-27-15-7-22(8-16-27)20-36(26-17-28(40-2)30(42-4)29(18-26)41-3)32(38)24-11-9-23(10-12-24)31(37)35-34-19-21-5-13-25(33)14-6-21/h5-19H,20H2,1-4H3,(H,35,37)/b34-19+. The van der Waals surface area contributed by atoms with Crippen LogP contribution in [0, 0.1) is 0 Å². The van der Waals surface area contributed by atoms with Gasteiger partial charge in [0.15, 0.2) is 11.5 Å². The number of ether oxygens (including phenoxy) is 4. The van der Waals surface area contributed by atoms with E-state index in [4.69, 9.17) is 30.5 Å². The molecule has 0 aromatic heterocycles. The van der Waals surface area contributed by atoms with Crippen molar-refractivity contribution in [2.75, 3.05) is 33.3 Å². The van der Waals surface area contributed by atoms with Gasteiger partial charge < -0.3 is 23.8 Å². The highest BCUT2D eigenvalue weighted by Crippen LogP contribution is 2.41. The van der Waals surface area contributed by atoms with Crippen LogP contribution in [0.4, 0.5) is 5.69 Å². The minimum absolute atomic E-state index is 0.239. The molecule has 0 aliphatic heterocycles. The Balaban J connectivity index is 1.60. The Bertz CT molecular complexity index is 1530. The molecule has 42 heavy (non-hydrogen) atoms. The van der Waals surface area contributed by atoms with Crippen LogP contribution in [0.3, 0.4) is 0 Å². The summed E-state index contributed by atoms with van der Waals surface area (Å²) in [7, 11) is 6.14. The summed E-state index contributed by atoms with van der Waals surface area (Å²) in [6.45, 7) is 0.239. The average molecular weight is 588 g/mol. The third-order valence-corrected chi connectivity index (χ3v) is 6.60. The number of anilines is 1. The summed E-state index contributed by atoms with van der Waals surface area (Å²) < 4.78 is 21.8. The van der Waals surface area contributed by atoms with Crippen LogP contribution in [0.25, 0.3) is 0 Å². The van der Waals surface area contributed by atoms with Crippen molar-refractivity contribution < 1.29 is 28.5 Å². The van der Waals surface area contributed by atoms with E-state index in [0.717, 1.165) is 11.1 Å². The first-order valence-electron chi connectivity index (χ1n) is 12.8. The average Bonchev–Trinajstić information content (AvgIpc) is 3.03. The molecular weight excluding hydrogens is 558 g/mol. The fourth-order valence-corrected chi connectivity index (χ4v) is 4.24. The highest BCUT2D eigenvalue weighted by atomic mass is 35.5. The van der Waals surface area contributed by atoms with E-state index in [1.54, 1.807) is 72.7 Å². The summed E-state index contributed by atoms with van der Waals surface area (Å²) in [5.74, 6) is 1.22. The molecule has 0 spiro atoms. The smallest absolute Gasteiger partial charge is 0.271 e. The maximum atomic E-state index is 13.9. The number of benzene rings is 4. The maximum Gasteiger partial charge on any atom is 0.271 e. The largest absolute Gasteiger partial charge is 0.497 e. The van der Waals surface area contributed by atoms with Gasteiger partial charge in [-0.3, -0.25) is 9.59 Å². The molecule has 0 atom stereocenters. The van der Waals surface area contributed by atoms with Gasteiger partial charge >= 0.3 is 0 Å². The normalized spacial score (nSPS) is 10.7. The van der Waals surface area contributed by atoms with Gasteiger partial charge in [-0.25, -0.2) is 5.43 Å². The number of rotatable bonds is 11. The van der Waals surface area contributed by atoms with Crippen molar-refractivity contribution in [2.24, 2.45) is 5.10 Å². The molecule has 0 fully saturated rings. The highest BCUT2D eigenvalue weighted by Gasteiger charge is 2.23. The van der Waals surface area contributed by atoms with Crippen molar-refractivity contribution in [3.63, 3.8) is 0 Å². The molecule has 1 N–H and O–H groups in total. The highest BCUT2D eigenvalue weighted by molar-refractivity contribution is 6.30. The minimum atomic E-state index is -0.418. The number of nitrogens with zero attached hydrogens (tertiary/aromatic N) is 2. The van der Waals surface area contributed by atoms with E-state index < -0.39 is 5.91 Å². The predicted octanol–water partition coefficient (Wildman–Crippen LogP) is 5.99. The molecule has 0 saturated heterocycles. The van der Waals surface area contributed by atoms with Crippen LogP contribution < -0.4 is 29.3 Å². The zero-order valence-electron chi connectivity index (χ0n) is 23.6. The topological polar surface area (TPSA) is 98.7 Å². The van der Waals surface area contributed by atoms with E-state index >= 15 is 0 Å². The van der Waals surface area contributed by atoms with Gasteiger partial charge in [-0.2, -0.15) is 5.10 Å². The number of carbonyl (C=O) groups is 2. The molecule has 0 heterocycles. The van der Waals surface area contributed by atoms with Gasteiger partial charge in [0.2, 0.25) is 5.75 Å². The number of halogens is 1. The molecule has 0 aliphatic rings. The lowest BCUT2D eigenvalue weighted by molar-refractivity contribution is 0.0951. The SMILES string of the molecule is COc1ccc(CN(C(=O)c2ccc(C(=O)N/N=C/c3ccc(Cl)cc3)cc2)c2cc(OC)c(OC)c(OC)c2)cc1. The summed E-state index contributed by atoms with van der Waals surface area (Å²) in [6, 6.07) is 24.2. The van der Waals surface area contributed by atoms with E-state index in [9.17, 15) is 9.59 Å². The van der Waals surface area contributed by atoms with Crippen LogP contribution in [0.15, 0.2) is 90.0 Å². The first-order valence-corrected chi connectivity index (χ1v) is 13.2. The number of methoxy groups -OCH3 is 4. The molecule has 4 rings (SSSR count). The Kier molecular flexibility index (Phi) is 10.0. The summed E-state index contributed by atoms with van der Waals surface area (Å²) in [5, 5.41) is 4.60. The quantitative estimate of drug-likeness (QED) is 0.171. The molecule has 2 amide bonds. The van der Waals surface area contributed by atoms with Gasteiger partial charge in [-0.1, -0.05) is 35.9 Å². The lowest BCUT2D eigenvalue weighted by Crippen LogP contribution is -2.30. The molecule has 4 aromatic rings. The Morgan fingerprint density at radius 3 is 1.93 bits per heavy atom. The van der Waals surface area contributed by atoms with Gasteiger partial charge in [0, 0.05) is 28.3 Å². The fourth-order valence-electron chi connectivity index (χ4n) is 4.12. The van der Waals surface area contributed by atoms with Crippen LogP contribution in [-0.2, 0) is 6.54 Å². The number of amides is 2. The van der Waals surface area contributed by atoms with Crippen LogP contribution in [0.2, 0.25) is 5.02 Å². The second-order valence-corrected chi connectivity index (χ2v) is 9.39. The lowest BCUT2D eigenvalue weighted by Gasteiger charge is -2.25. The lowest BCUT2D eigenvalue weighted by atomic mass is 10.1. The number of hydrogen-bond acceptors (Lipinski definition) is 7. The van der Waals surface area contributed by atoms with Crippen LogP contribution in [0.1, 0.15) is 31.8 Å². The van der Waals surface area contributed by atoms with E-state index in [-0.39, 0.29) is 12.5 Å². The van der Waals surface area contributed by atoms with Crippen molar-refractivity contribution in [2.45, 2.75) is 6.54 Å². The monoisotopic (exact) mass is 587 g/mol. The molecular formula is C32H30ClN3O6. The van der Waals surface area contributed by atoms with Gasteiger partial charge in [0.05, 0.1) is 46.9 Å². The molecule has 0 unspecified atom stereocenters. The van der Waals surface area contributed by atoms with Crippen molar-refractivity contribution in [1.82, 2.24) is 5.43 Å². The summed E-state index contributed by atoms with van der Waals surface area (Å²) in [4.78, 5) is 28.1. The summed E-state index contributed by atoms with van der Waals surface area (Å²) in [5.41, 5.74) is 5.39. The Hall–Kier alpha value is -5.02. The van der Waals surface area contributed by atoms with E-state index in [1.165, 1.54) is 27.5 Å². The van der Waals surface area contributed by atoms with Crippen molar-refractivity contribution in [3.8, 4) is 23.0 Å². The molecule has 4 aromatic carbocycles. The Morgan fingerprint density at radius 1 is 0.786 bits per heavy atom. The first-order chi connectivity index (χ1) is 20.4. The second kappa shape index (κ2) is 14.0. The zero-order valence-corrected chi connectivity index (χ0v) is 24.3. The Labute approximate surface area is 249 Å². The van der Waals surface area contributed by atoms with E-state index in [0.29, 0.717) is 44.8 Å². The third kappa shape index (κ3) is 7.18. The number of hydrazone groups is 1. The van der Waals surface area contributed by atoms with Crippen LogP contribution >= 0.6 is 11.6 Å². The minimum Gasteiger partial charge on any atom is -0.497 e. The molecule has 10 heteroatoms. The Morgan fingerprint density at radius 2 is 1.38 bits per heavy atom. The maximum absolute atomic E-state index is 13.9. The molecule has 0 aliphatic carbocycles. The van der Waals surface area contributed by atoms with Gasteiger partial charge in [0.1, 0.15) is 5.75 Å². The molecule has 0 saturated carbocycles. The molecule has 0 bridgehead atoms. The number of hydrogen-bond donors (Lipinski definition) is 1. The summed E-state index contributed by atoms with van der Waals surface area (Å²) >= 11 is 5.89. The van der Waals surface area contributed by atoms with Crippen molar-refractivity contribution in [3.05, 3.63) is 112 Å². The molecule has 9 nitrogen and oxygen atoms in total.